The van der Waals surface area contributed by atoms with Gasteiger partial charge in [0.05, 0.1) is 22.4 Å². The van der Waals surface area contributed by atoms with Crippen LogP contribution in [-0.4, -0.2) is 59.1 Å². The first-order valence-electron chi connectivity index (χ1n) is 15.5. The fraction of sp³-hybridized carbons (Fsp3) is 0.353. The third-order valence-corrected chi connectivity index (χ3v) is 8.52. The summed E-state index contributed by atoms with van der Waals surface area (Å²) < 4.78 is 68.0. The van der Waals surface area contributed by atoms with E-state index >= 15 is 4.39 Å². The number of aryl methyl sites for hydroxylation is 1. The van der Waals surface area contributed by atoms with Gasteiger partial charge in [0.2, 0.25) is 11.8 Å². The Morgan fingerprint density at radius 2 is 1.88 bits per heavy atom. The summed E-state index contributed by atoms with van der Waals surface area (Å²) in [6, 6.07) is 11.0. The van der Waals surface area contributed by atoms with Gasteiger partial charge in [-0.25, -0.2) is 36.9 Å². The number of allylic oxidation sites excluding steroid dienone is 1. The molecule has 1 fully saturated rings. The zero-order chi connectivity index (χ0) is 34.6. The molecule has 2 N–H and O–H groups in total. The van der Waals surface area contributed by atoms with Crippen molar-refractivity contribution in [2.24, 2.45) is 0 Å². The zero-order valence-corrected chi connectivity index (χ0v) is 28.2. The van der Waals surface area contributed by atoms with Gasteiger partial charge in [0.15, 0.2) is 0 Å². The number of carbonyl (C=O) groups is 1. The maximum Gasteiger partial charge on any atom is 0.410 e. The van der Waals surface area contributed by atoms with Gasteiger partial charge in [-0.2, -0.15) is 0 Å². The van der Waals surface area contributed by atoms with Crippen LogP contribution in [0.2, 0.25) is 0 Å². The summed E-state index contributed by atoms with van der Waals surface area (Å²) >= 11 is 0. The number of rotatable bonds is 9. The van der Waals surface area contributed by atoms with E-state index in [1.165, 1.54) is 13.0 Å². The number of carbonyl (C=O) groups excluding carboxylic acids is 1. The fourth-order valence-corrected chi connectivity index (χ4v) is 6.29. The number of benzene rings is 2. The van der Waals surface area contributed by atoms with E-state index in [2.05, 4.69) is 20.0 Å². The van der Waals surface area contributed by atoms with Crippen molar-refractivity contribution in [2.45, 2.75) is 65.5 Å². The summed E-state index contributed by atoms with van der Waals surface area (Å²) in [5.41, 5.74) is 0.802. The fourth-order valence-electron chi connectivity index (χ4n) is 5.23. The number of pyridine rings is 1. The zero-order valence-electron chi connectivity index (χ0n) is 27.4. The summed E-state index contributed by atoms with van der Waals surface area (Å²) in [5, 5.41) is 4.39. The first-order chi connectivity index (χ1) is 22.7. The molecule has 4 aromatic rings. The number of amides is 1. The van der Waals surface area contributed by atoms with E-state index in [-0.39, 0.29) is 35.5 Å². The topological polar surface area (TPSA) is 136 Å². The van der Waals surface area contributed by atoms with Gasteiger partial charge in [0.25, 0.3) is 10.0 Å². The lowest BCUT2D eigenvalue weighted by molar-refractivity contribution is 0.0206. The molecule has 2 aromatic carbocycles. The molecule has 0 spiro atoms. The van der Waals surface area contributed by atoms with Crippen LogP contribution in [0.15, 0.2) is 66.1 Å². The molecule has 0 aliphatic carbocycles. The minimum atomic E-state index is -4.34. The van der Waals surface area contributed by atoms with Gasteiger partial charge in [-0.3, -0.25) is 4.72 Å². The molecule has 14 heteroatoms. The minimum Gasteiger partial charge on any atom is -0.444 e. The number of piperidine rings is 1. The van der Waals surface area contributed by atoms with Gasteiger partial charge < -0.3 is 19.7 Å². The van der Waals surface area contributed by atoms with Crippen LogP contribution in [0.1, 0.15) is 52.5 Å². The SMILES string of the molecule is CC/C(F)=C/S(=O)(=O)Nc1c(F)ccc2c(Oc3ncccc3-c3ccnc(NC4CCCN(C(=O)OC(C)(C)C)C4)n3)c(C)ccc12. The molecular formula is C34H38F2N6O5S. The molecule has 1 aliphatic rings. The Morgan fingerprint density at radius 3 is 2.62 bits per heavy atom. The average Bonchev–Trinajstić information content (AvgIpc) is 3.03. The highest BCUT2D eigenvalue weighted by atomic mass is 32.2. The molecule has 5 rings (SSSR count). The molecule has 11 nitrogen and oxygen atoms in total. The van der Waals surface area contributed by atoms with Crippen molar-refractivity contribution in [3.05, 3.63) is 77.5 Å². The molecule has 1 amide bonds. The summed E-state index contributed by atoms with van der Waals surface area (Å²) in [5.74, 6) is -0.820. The molecular weight excluding hydrogens is 642 g/mol. The van der Waals surface area contributed by atoms with Crippen molar-refractivity contribution in [1.82, 2.24) is 19.9 Å². The lowest BCUT2D eigenvalue weighted by atomic mass is 10.0. The highest BCUT2D eigenvalue weighted by Gasteiger charge is 2.28. The van der Waals surface area contributed by atoms with Crippen LogP contribution in [0.3, 0.4) is 0 Å². The number of sulfonamides is 1. The summed E-state index contributed by atoms with van der Waals surface area (Å²) in [6.45, 7) is 9.80. The van der Waals surface area contributed by atoms with Crippen LogP contribution in [0.4, 0.5) is 25.2 Å². The van der Waals surface area contributed by atoms with Gasteiger partial charge >= 0.3 is 6.09 Å². The predicted molar refractivity (Wildman–Crippen MR) is 180 cm³/mol. The molecule has 1 aliphatic heterocycles. The maximum absolute atomic E-state index is 15.0. The van der Waals surface area contributed by atoms with Gasteiger partial charge in [-0.1, -0.05) is 19.1 Å². The highest BCUT2D eigenvalue weighted by molar-refractivity contribution is 7.95. The van der Waals surface area contributed by atoms with Crippen LogP contribution in [0.25, 0.3) is 22.0 Å². The Kier molecular flexibility index (Phi) is 10.1. The number of hydrogen-bond donors (Lipinski definition) is 2. The Labute approximate surface area is 278 Å². The number of nitrogens with one attached hydrogen (secondary N) is 2. The van der Waals surface area contributed by atoms with Crippen LogP contribution >= 0.6 is 0 Å². The van der Waals surface area contributed by atoms with Gasteiger partial charge in [0, 0.05) is 42.3 Å². The molecule has 48 heavy (non-hydrogen) atoms. The largest absolute Gasteiger partial charge is 0.444 e. The van der Waals surface area contributed by atoms with E-state index in [0.717, 1.165) is 18.9 Å². The Balaban J connectivity index is 1.42. The van der Waals surface area contributed by atoms with Crippen molar-refractivity contribution >= 4 is 38.5 Å². The van der Waals surface area contributed by atoms with Crippen molar-refractivity contribution < 1.29 is 31.5 Å². The number of anilines is 2. The van der Waals surface area contributed by atoms with E-state index < -0.39 is 27.3 Å². The number of nitrogens with zero attached hydrogens (tertiary/aromatic N) is 4. The van der Waals surface area contributed by atoms with Crippen molar-refractivity contribution in [3.8, 4) is 22.9 Å². The lowest BCUT2D eigenvalue weighted by Crippen LogP contribution is -2.47. The first kappa shape index (κ1) is 34.5. The van der Waals surface area contributed by atoms with Crippen molar-refractivity contribution in [3.63, 3.8) is 0 Å². The molecule has 0 bridgehead atoms. The third-order valence-electron chi connectivity index (χ3n) is 7.47. The molecule has 0 radical (unpaired) electrons. The van der Waals surface area contributed by atoms with Crippen LogP contribution in [-0.2, 0) is 14.8 Å². The van der Waals surface area contributed by atoms with Crippen molar-refractivity contribution in [2.75, 3.05) is 23.1 Å². The normalized spacial score (nSPS) is 15.7. The molecule has 1 unspecified atom stereocenters. The first-order valence-corrected chi connectivity index (χ1v) is 17.1. The molecule has 2 aromatic heterocycles. The maximum atomic E-state index is 15.0. The lowest BCUT2D eigenvalue weighted by Gasteiger charge is -2.34. The van der Waals surface area contributed by atoms with Crippen molar-refractivity contribution in [1.29, 1.82) is 0 Å². The Hall–Kier alpha value is -4.85. The second kappa shape index (κ2) is 14.1. The number of ether oxygens (including phenoxy) is 2. The van der Waals surface area contributed by atoms with Crippen LogP contribution in [0.5, 0.6) is 11.6 Å². The van der Waals surface area contributed by atoms with Crippen LogP contribution in [0, 0.1) is 12.7 Å². The molecule has 3 heterocycles. The standard InChI is InChI=1S/C34H38F2N6O5S/c1-6-22(35)20-48(44,45)41-29-24-12-11-21(2)30(25(24)13-14-27(29)36)46-31-26(10-7-16-37-31)28-15-17-38-32(40-28)39-23-9-8-18-42(19-23)33(43)47-34(3,4)5/h7,10-17,20,23,41H,6,8-9,18-19H2,1-5H3,(H,38,39,40)/b22-20-. The van der Waals surface area contributed by atoms with E-state index in [4.69, 9.17) is 14.5 Å². The Morgan fingerprint density at radius 1 is 1.10 bits per heavy atom. The summed E-state index contributed by atoms with van der Waals surface area (Å²) in [6.07, 6.45) is 4.29. The van der Waals surface area contributed by atoms with Gasteiger partial charge in [-0.15, -0.1) is 0 Å². The number of hydrogen-bond acceptors (Lipinski definition) is 9. The number of fused-ring (bicyclic) bond motifs is 1. The number of halogens is 2. The molecule has 1 atom stereocenters. The van der Waals surface area contributed by atoms with E-state index in [0.29, 0.717) is 52.4 Å². The molecule has 1 saturated heterocycles. The minimum absolute atomic E-state index is 0.0922. The Bertz CT molecular complexity index is 1970. The average molecular weight is 681 g/mol. The van der Waals surface area contributed by atoms with E-state index in [9.17, 15) is 17.6 Å². The molecule has 0 saturated carbocycles. The van der Waals surface area contributed by atoms with Crippen LogP contribution < -0.4 is 14.8 Å². The second-order valence-corrected chi connectivity index (χ2v) is 14.0. The van der Waals surface area contributed by atoms with E-state index in [1.54, 1.807) is 54.5 Å². The predicted octanol–water partition coefficient (Wildman–Crippen LogP) is 7.71. The summed E-state index contributed by atoms with van der Waals surface area (Å²) in [7, 11) is -4.34. The number of aromatic nitrogens is 3. The monoisotopic (exact) mass is 680 g/mol. The van der Waals surface area contributed by atoms with Gasteiger partial charge in [-0.05, 0) is 82.9 Å². The molecule has 254 valence electrons. The smallest absolute Gasteiger partial charge is 0.410 e. The van der Waals surface area contributed by atoms with E-state index in [1.807, 2.05) is 20.8 Å². The third kappa shape index (κ3) is 8.35. The summed E-state index contributed by atoms with van der Waals surface area (Å²) in [4.78, 5) is 27.9. The quantitative estimate of drug-likeness (QED) is 0.182. The van der Waals surface area contributed by atoms with Gasteiger partial charge in [0.1, 0.15) is 23.0 Å². The second-order valence-electron chi connectivity index (χ2n) is 12.4. The number of likely N-dealkylation sites (tertiary alicyclic amines) is 1. The highest BCUT2D eigenvalue weighted by Crippen LogP contribution is 2.40.